The van der Waals surface area contributed by atoms with Crippen LogP contribution >= 0.6 is 0 Å². The summed E-state index contributed by atoms with van der Waals surface area (Å²) in [4.78, 5) is 15.3. The van der Waals surface area contributed by atoms with Crippen LogP contribution in [0.5, 0.6) is 5.88 Å². The Balaban J connectivity index is 1.84. The van der Waals surface area contributed by atoms with Crippen LogP contribution < -0.4 is 4.74 Å². The molecular weight excluding hydrogens is 226 g/mol. The highest BCUT2D eigenvalue weighted by molar-refractivity contribution is 5.93. The molecule has 0 spiro atoms. The summed E-state index contributed by atoms with van der Waals surface area (Å²) < 4.78 is 5.71. The van der Waals surface area contributed by atoms with E-state index < -0.39 is 0 Å². The Bertz CT molecular complexity index is 399. The maximum atomic E-state index is 11.1. The summed E-state index contributed by atoms with van der Waals surface area (Å²) in [5.74, 6) is 2.14. The van der Waals surface area contributed by atoms with E-state index in [1.165, 1.54) is 25.7 Å². The van der Waals surface area contributed by atoms with Crippen LogP contribution in [0.4, 0.5) is 0 Å². The molecule has 0 aromatic carbocycles. The van der Waals surface area contributed by atoms with Gasteiger partial charge in [-0.2, -0.15) is 0 Å². The van der Waals surface area contributed by atoms with Gasteiger partial charge in [0.2, 0.25) is 5.88 Å². The lowest BCUT2D eigenvalue weighted by Gasteiger charge is -2.26. The van der Waals surface area contributed by atoms with Crippen LogP contribution in [0, 0.1) is 11.8 Å². The van der Waals surface area contributed by atoms with E-state index in [1.54, 1.807) is 25.3 Å². The van der Waals surface area contributed by atoms with E-state index in [0.29, 0.717) is 17.4 Å². The second kappa shape index (κ2) is 5.98. The molecule has 1 aromatic rings. The van der Waals surface area contributed by atoms with Gasteiger partial charge in [0.05, 0.1) is 6.61 Å². The number of ether oxygens (including phenoxy) is 1. The topological polar surface area (TPSA) is 39.2 Å². The van der Waals surface area contributed by atoms with E-state index >= 15 is 0 Å². The predicted octanol–water partition coefficient (Wildman–Crippen LogP) is 3.49. The third kappa shape index (κ3) is 3.56. The van der Waals surface area contributed by atoms with E-state index in [0.717, 1.165) is 12.5 Å². The average molecular weight is 247 g/mol. The van der Waals surface area contributed by atoms with Crippen molar-refractivity contribution in [3.63, 3.8) is 0 Å². The average Bonchev–Trinajstić information content (AvgIpc) is 2.37. The minimum absolute atomic E-state index is 0.0372. The zero-order valence-electron chi connectivity index (χ0n) is 11.2. The molecule has 1 heterocycles. The number of hydrogen-bond acceptors (Lipinski definition) is 3. The fourth-order valence-electron chi connectivity index (χ4n) is 2.59. The molecule has 18 heavy (non-hydrogen) atoms. The molecule has 0 radical (unpaired) electrons. The molecule has 3 nitrogen and oxygen atoms in total. The summed E-state index contributed by atoms with van der Waals surface area (Å²) in [6, 6.07) is 3.55. The molecule has 1 saturated carbocycles. The van der Waals surface area contributed by atoms with Crippen molar-refractivity contribution in [1.82, 2.24) is 4.98 Å². The Morgan fingerprint density at radius 2 is 2.28 bits per heavy atom. The van der Waals surface area contributed by atoms with E-state index in [2.05, 4.69) is 11.9 Å². The van der Waals surface area contributed by atoms with E-state index in [4.69, 9.17) is 4.74 Å². The van der Waals surface area contributed by atoms with Gasteiger partial charge in [-0.1, -0.05) is 19.8 Å². The Labute approximate surface area is 109 Å². The number of nitrogens with zero attached hydrogens (tertiary/aromatic N) is 1. The highest BCUT2D eigenvalue weighted by Crippen LogP contribution is 2.28. The minimum Gasteiger partial charge on any atom is -0.477 e. The molecule has 1 aliphatic carbocycles. The summed E-state index contributed by atoms with van der Waals surface area (Å²) in [5, 5.41) is 0. The lowest BCUT2D eigenvalue weighted by atomic mass is 9.83. The lowest BCUT2D eigenvalue weighted by molar-refractivity contribution is 0.101. The van der Waals surface area contributed by atoms with Crippen molar-refractivity contribution in [3.05, 3.63) is 23.9 Å². The zero-order valence-corrected chi connectivity index (χ0v) is 11.2. The highest BCUT2D eigenvalue weighted by Gasteiger charge is 2.19. The summed E-state index contributed by atoms with van der Waals surface area (Å²) >= 11 is 0. The molecule has 1 fully saturated rings. The van der Waals surface area contributed by atoms with Gasteiger partial charge in [0, 0.05) is 17.8 Å². The first-order valence-electron chi connectivity index (χ1n) is 6.75. The number of carbonyl (C=O) groups excluding carboxylic acids is 1. The highest BCUT2D eigenvalue weighted by atomic mass is 16.5. The molecule has 1 aliphatic rings. The summed E-state index contributed by atoms with van der Waals surface area (Å²) in [5.41, 5.74) is 0.633. The smallest absolute Gasteiger partial charge is 0.213 e. The Kier molecular flexibility index (Phi) is 4.34. The van der Waals surface area contributed by atoms with Crippen molar-refractivity contribution in [2.24, 2.45) is 11.8 Å². The standard InChI is InChI=1S/C15H21NO2/c1-11-4-3-5-13(8-11)10-18-15-7-6-14(9-16-15)12(2)17/h6-7,9,11,13H,3-5,8,10H2,1-2H3. The number of rotatable bonds is 4. The molecule has 0 N–H and O–H groups in total. The van der Waals surface area contributed by atoms with Crippen molar-refractivity contribution < 1.29 is 9.53 Å². The molecule has 2 rings (SSSR count). The lowest BCUT2D eigenvalue weighted by Crippen LogP contribution is -2.19. The van der Waals surface area contributed by atoms with Crippen LogP contribution in [0.15, 0.2) is 18.3 Å². The van der Waals surface area contributed by atoms with Gasteiger partial charge in [-0.05, 0) is 37.7 Å². The van der Waals surface area contributed by atoms with Gasteiger partial charge in [-0.25, -0.2) is 4.98 Å². The van der Waals surface area contributed by atoms with Crippen molar-refractivity contribution in [3.8, 4) is 5.88 Å². The first kappa shape index (κ1) is 13.1. The van der Waals surface area contributed by atoms with Crippen LogP contribution in [-0.4, -0.2) is 17.4 Å². The van der Waals surface area contributed by atoms with Gasteiger partial charge in [0.25, 0.3) is 0 Å². The number of Topliss-reactive ketones (excluding diaryl/α,β-unsaturated/α-hetero) is 1. The molecule has 98 valence electrons. The summed E-state index contributed by atoms with van der Waals surface area (Å²) in [6.45, 7) is 4.60. The number of hydrogen-bond donors (Lipinski definition) is 0. The third-order valence-electron chi connectivity index (χ3n) is 3.65. The first-order valence-corrected chi connectivity index (χ1v) is 6.75. The molecule has 3 heteroatoms. The van der Waals surface area contributed by atoms with Crippen molar-refractivity contribution in [2.45, 2.75) is 39.5 Å². The first-order chi connectivity index (χ1) is 8.65. The Morgan fingerprint density at radius 3 is 2.89 bits per heavy atom. The number of aromatic nitrogens is 1. The van der Waals surface area contributed by atoms with Crippen molar-refractivity contribution in [2.75, 3.05) is 6.61 Å². The summed E-state index contributed by atoms with van der Waals surface area (Å²) in [6.07, 6.45) is 6.76. The Hall–Kier alpha value is -1.38. The molecule has 0 bridgehead atoms. The fourth-order valence-corrected chi connectivity index (χ4v) is 2.59. The molecule has 1 aromatic heterocycles. The maximum Gasteiger partial charge on any atom is 0.213 e. The third-order valence-corrected chi connectivity index (χ3v) is 3.65. The molecular formula is C15H21NO2. The van der Waals surface area contributed by atoms with Crippen LogP contribution in [0.2, 0.25) is 0 Å². The second-order valence-corrected chi connectivity index (χ2v) is 5.39. The normalized spacial score (nSPS) is 23.7. The molecule has 2 unspecified atom stereocenters. The molecule has 2 atom stereocenters. The fraction of sp³-hybridized carbons (Fsp3) is 0.600. The molecule has 0 aliphatic heterocycles. The zero-order chi connectivity index (χ0) is 13.0. The van der Waals surface area contributed by atoms with E-state index in [9.17, 15) is 4.79 Å². The predicted molar refractivity (Wildman–Crippen MR) is 70.9 cm³/mol. The van der Waals surface area contributed by atoms with Crippen molar-refractivity contribution >= 4 is 5.78 Å². The van der Waals surface area contributed by atoms with Crippen LogP contribution in [0.1, 0.15) is 49.9 Å². The van der Waals surface area contributed by atoms with E-state index in [1.807, 2.05) is 0 Å². The SMILES string of the molecule is CC(=O)c1ccc(OCC2CCCC(C)C2)nc1. The van der Waals surface area contributed by atoms with E-state index in [-0.39, 0.29) is 5.78 Å². The van der Waals surface area contributed by atoms with Gasteiger partial charge >= 0.3 is 0 Å². The second-order valence-electron chi connectivity index (χ2n) is 5.39. The Morgan fingerprint density at radius 1 is 1.44 bits per heavy atom. The van der Waals surface area contributed by atoms with Gasteiger partial charge in [-0.15, -0.1) is 0 Å². The number of pyridine rings is 1. The van der Waals surface area contributed by atoms with Crippen LogP contribution in [0.25, 0.3) is 0 Å². The van der Waals surface area contributed by atoms with Crippen LogP contribution in [0.3, 0.4) is 0 Å². The molecule has 0 amide bonds. The monoisotopic (exact) mass is 247 g/mol. The van der Waals surface area contributed by atoms with Crippen molar-refractivity contribution in [1.29, 1.82) is 0 Å². The van der Waals surface area contributed by atoms with Gasteiger partial charge in [0.1, 0.15) is 0 Å². The molecule has 0 saturated heterocycles. The number of carbonyl (C=O) groups is 1. The van der Waals surface area contributed by atoms with Gasteiger partial charge in [-0.3, -0.25) is 4.79 Å². The van der Waals surface area contributed by atoms with Gasteiger partial charge in [0.15, 0.2) is 5.78 Å². The summed E-state index contributed by atoms with van der Waals surface area (Å²) in [7, 11) is 0. The van der Waals surface area contributed by atoms with Crippen LogP contribution in [-0.2, 0) is 0 Å². The quantitative estimate of drug-likeness (QED) is 0.764. The maximum absolute atomic E-state index is 11.1. The van der Waals surface area contributed by atoms with Gasteiger partial charge < -0.3 is 4.74 Å². The largest absolute Gasteiger partial charge is 0.477 e. The number of ketones is 1. The minimum atomic E-state index is 0.0372.